The van der Waals surface area contributed by atoms with Crippen LogP contribution in [-0.2, 0) is 14.4 Å². The van der Waals surface area contributed by atoms with Crippen LogP contribution < -0.4 is 10.6 Å². The van der Waals surface area contributed by atoms with Gasteiger partial charge in [-0.1, -0.05) is 19.1 Å². The van der Waals surface area contributed by atoms with Gasteiger partial charge in [-0.3, -0.25) is 14.4 Å². The van der Waals surface area contributed by atoms with Crippen molar-refractivity contribution < 1.29 is 19.5 Å². The molecule has 1 aromatic carbocycles. The Morgan fingerprint density at radius 3 is 2.70 bits per heavy atom. The Hall–Kier alpha value is -2.06. The maximum Gasteiger partial charge on any atom is 0.248 e. The van der Waals surface area contributed by atoms with E-state index in [1.165, 1.54) is 4.90 Å². The van der Waals surface area contributed by atoms with Crippen molar-refractivity contribution in [1.29, 1.82) is 0 Å². The van der Waals surface area contributed by atoms with Crippen LogP contribution in [0.15, 0.2) is 18.2 Å². The summed E-state index contributed by atoms with van der Waals surface area (Å²) < 4.78 is -0.657. The van der Waals surface area contributed by atoms with Crippen LogP contribution in [0.5, 0.6) is 0 Å². The number of rotatable bonds is 5. The average Bonchev–Trinajstić information content (AvgIpc) is 3.29. The lowest BCUT2D eigenvalue weighted by Gasteiger charge is -2.38. The summed E-state index contributed by atoms with van der Waals surface area (Å²) in [5, 5.41) is 15.4. The first-order valence-corrected chi connectivity index (χ1v) is 11.3. The first-order chi connectivity index (χ1) is 14.3. The third kappa shape index (κ3) is 2.87. The molecular formula is C22H29N3O4S. The monoisotopic (exact) mass is 431 g/mol. The number of hydrogen-bond acceptors (Lipinski definition) is 5. The number of nitrogens with one attached hydrogen (secondary N) is 2. The Kier molecular flexibility index (Phi) is 5.34. The molecular weight excluding hydrogens is 402 g/mol. The quantitative estimate of drug-likeness (QED) is 0.653. The molecule has 1 aromatic rings. The molecule has 2 bridgehead atoms. The molecule has 3 fully saturated rings. The van der Waals surface area contributed by atoms with Gasteiger partial charge in [-0.15, -0.1) is 11.8 Å². The summed E-state index contributed by atoms with van der Waals surface area (Å²) in [5.41, 5.74) is 2.70. The van der Waals surface area contributed by atoms with Crippen LogP contribution in [0.4, 0.5) is 5.69 Å². The van der Waals surface area contributed by atoms with Crippen molar-refractivity contribution in [2.45, 2.75) is 43.2 Å². The van der Waals surface area contributed by atoms with Crippen LogP contribution in [0.25, 0.3) is 0 Å². The first kappa shape index (κ1) is 21.2. The Balaban J connectivity index is 1.75. The van der Waals surface area contributed by atoms with E-state index in [1.54, 1.807) is 18.8 Å². The number of hydrogen-bond donors (Lipinski definition) is 3. The van der Waals surface area contributed by atoms with E-state index in [9.17, 15) is 19.5 Å². The minimum Gasteiger partial charge on any atom is -0.395 e. The number of benzene rings is 1. The Morgan fingerprint density at radius 2 is 2.03 bits per heavy atom. The molecule has 6 atom stereocenters. The molecule has 162 valence electrons. The maximum atomic E-state index is 13.6. The third-order valence-corrected chi connectivity index (χ3v) is 9.11. The highest BCUT2D eigenvalue weighted by atomic mass is 32.2. The van der Waals surface area contributed by atoms with E-state index in [0.717, 1.165) is 23.2 Å². The molecule has 3 aliphatic heterocycles. The number of anilines is 1. The average molecular weight is 432 g/mol. The van der Waals surface area contributed by atoms with Gasteiger partial charge in [0.05, 0.1) is 23.2 Å². The van der Waals surface area contributed by atoms with Gasteiger partial charge in [-0.25, -0.2) is 0 Å². The minimum atomic E-state index is -0.721. The molecule has 0 saturated carbocycles. The van der Waals surface area contributed by atoms with Crippen LogP contribution in [-0.4, -0.2) is 64.0 Å². The molecule has 3 unspecified atom stereocenters. The fourth-order valence-electron chi connectivity index (χ4n) is 5.71. The molecule has 1 spiro atoms. The highest BCUT2D eigenvalue weighted by Gasteiger charge is 2.75. The second-order valence-electron chi connectivity index (χ2n) is 8.73. The summed E-state index contributed by atoms with van der Waals surface area (Å²) >= 11 is 1.63. The van der Waals surface area contributed by atoms with Gasteiger partial charge in [0.25, 0.3) is 0 Å². The molecule has 3 N–H and O–H groups in total. The molecule has 8 heteroatoms. The van der Waals surface area contributed by atoms with E-state index in [0.29, 0.717) is 0 Å². The predicted molar refractivity (Wildman–Crippen MR) is 116 cm³/mol. The molecule has 3 aliphatic rings. The summed E-state index contributed by atoms with van der Waals surface area (Å²) in [5.74, 6) is -1.45. The summed E-state index contributed by atoms with van der Waals surface area (Å²) in [6, 6.07) is 5.14. The summed E-state index contributed by atoms with van der Waals surface area (Å²) in [7, 11) is 1.59. The fraction of sp³-hybridized carbons (Fsp3) is 0.591. The van der Waals surface area contributed by atoms with Gasteiger partial charge in [0.1, 0.15) is 6.04 Å². The number of aliphatic hydroxyl groups excluding tert-OH is 1. The number of aryl methyl sites for hydroxylation is 2. The molecule has 4 rings (SSSR count). The second-order valence-corrected chi connectivity index (χ2v) is 10.3. The largest absolute Gasteiger partial charge is 0.395 e. The van der Waals surface area contributed by atoms with Crippen molar-refractivity contribution in [1.82, 2.24) is 10.2 Å². The van der Waals surface area contributed by atoms with Crippen LogP contribution in [0.3, 0.4) is 0 Å². The number of fused-ring (bicyclic) bond motifs is 1. The highest BCUT2D eigenvalue weighted by Crippen LogP contribution is 2.68. The fourth-order valence-corrected chi connectivity index (χ4v) is 8.13. The minimum absolute atomic E-state index is 0.0289. The zero-order chi connectivity index (χ0) is 21.8. The Morgan fingerprint density at radius 1 is 1.30 bits per heavy atom. The van der Waals surface area contributed by atoms with E-state index in [-0.39, 0.29) is 42.0 Å². The summed E-state index contributed by atoms with van der Waals surface area (Å²) in [4.78, 5) is 41.3. The van der Waals surface area contributed by atoms with Crippen molar-refractivity contribution in [3.8, 4) is 0 Å². The van der Waals surface area contributed by atoms with Gasteiger partial charge >= 0.3 is 0 Å². The SMILES string of the molecule is CNC(=O)[C@@H]1[C@H]2C(=O)N(CCO)C(C(=O)Nc3cc(C)ccc3C)C23S[C@@H]1CC3C. The smallest absolute Gasteiger partial charge is 0.248 e. The normalized spacial score (nSPS) is 34.2. The van der Waals surface area contributed by atoms with Crippen LogP contribution >= 0.6 is 11.8 Å². The summed E-state index contributed by atoms with van der Waals surface area (Å²) in [6.45, 7) is 5.83. The molecule has 30 heavy (non-hydrogen) atoms. The molecule has 3 heterocycles. The van der Waals surface area contributed by atoms with Gasteiger partial charge in [0.15, 0.2) is 0 Å². The topological polar surface area (TPSA) is 98.7 Å². The van der Waals surface area contributed by atoms with Crippen molar-refractivity contribution in [2.75, 3.05) is 25.5 Å². The van der Waals surface area contributed by atoms with Gasteiger partial charge in [-0.2, -0.15) is 0 Å². The van der Waals surface area contributed by atoms with Gasteiger partial charge < -0.3 is 20.6 Å². The lowest BCUT2D eigenvalue weighted by atomic mass is 9.66. The molecule has 0 radical (unpaired) electrons. The van der Waals surface area contributed by atoms with Gasteiger partial charge in [0.2, 0.25) is 17.7 Å². The maximum absolute atomic E-state index is 13.6. The van der Waals surface area contributed by atoms with Crippen molar-refractivity contribution in [2.24, 2.45) is 17.8 Å². The zero-order valence-corrected chi connectivity index (χ0v) is 18.6. The van der Waals surface area contributed by atoms with E-state index in [1.807, 2.05) is 32.0 Å². The number of nitrogens with zero attached hydrogens (tertiary/aromatic N) is 1. The number of likely N-dealkylation sites (tertiary alicyclic amines) is 1. The Labute approximate surface area is 181 Å². The van der Waals surface area contributed by atoms with Crippen LogP contribution in [0.2, 0.25) is 0 Å². The van der Waals surface area contributed by atoms with Gasteiger partial charge in [-0.05, 0) is 43.4 Å². The molecule has 7 nitrogen and oxygen atoms in total. The molecule has 3 saturated heterocycles. The van der Waals surface area contributed by atoms with E-state index >= 15 is 0 Å². The summed E-state index contributed by atoms with van der Waals surface area (Å²) in [6.07, 6.45) is 0.798. The first-order valence-electron chi connectivity index (χ1n) is 10.4. The third-order valence-electron chi connectivity index (χ3n) is 7.03. The highest BCUT2D eigenvalue weighted by molar-refractivity contribution is 8.02. The molecule has 0 aliphatic carbocycles. The van der Waals surface area contributed by atoms with Crippen molar-refractivity contribution in [3.05, 3.63) is 29.3 Å². The predicted octanol–water partition coefficient (Wildman–Crippen LogP) is 1.32. The van der Waals surface area contributed by atoms with Crippen LogP contribution in [0.1, 0.15) is 24.5 Å². The number of aliphatic hydroxyl groups is 1. The molecule has 0 aromatic heterocycles. The van der Waals surface area contributed by atoms with Gasteiger partial charge in [0, 0.05) is 24.5 Å². The zero-order valence-electron chi connectivity index (χ0n) is 17.8. The second kappa shape index (κ2) is 7.57. The lowest BCUT2D eigenvalue weighted by molar-refractivity contribution is -0.139. The van der Waals surface area contributed by atoms with Crippen molar-refractivity contribution in [3.63, 3.8) is 0 Å². The number of carbonyl (C=O) groups is 3. The number of carbonyl (C=O) groups excluding carboxylic acids is 3. The van der Waals surface area contributed by atoms with E-state index < -0.39 is 22.6 Å². The Bertz CT molecular complexity index is 906. The number of thioether (sulfide) groups is 1. The van der Waals surface area contributed by atoms with E-state index in [2.05, 4.69) is 17.6 Å². The standard InChI is InChI=1S/C22H29N3O4S/c1-11-5-6-12(2)14(9-11)24-20(28)18-22-13(3)10-15(30-22)16(19(27)23-4)17(22)21(29)25(18)7-8-26/h5-6,9,13,15-18,26H,7-8,10H2,1-4H3,(H,23,27)(H,24,28)/t13?,15-,16+,17+,18?,22?/m1/s1. The number of β-amino-alcohol motifs (C(OH)–C–C–N with tert-alkyl or cyclic N) is 1. The molecule has 3 amide bonds. The number of amides is 3. The van der Waals surface area contributed by atoms with Crippen LogP contribution in [0, 0.1) is 31.6 Å². The van der Waals surface area contributed by atoms with Crippen molar-refractivity contribution >= 4 is 35.2 Å². The van der Waals surface area contributed by atoms with E-state index in [4.69, 9.17) is 0 Å². The lowest BCUT2D eigenvalue weighted by Crippen LogP contribution is -2.55.